The van der Waals surface area contributed by atoms with Gasteiger partial charge in [-0.1, -0.05) is 18.2 Å². The highest BCUT2D eigenvalue weighted by molar-refractivity contribution is 6.44. The standard InChI is InChI=1S/C20H20N4O4/c1-12-4-5-14(3)18(10-12)23-19(25)9-8-16(22-23)20(26)21-17-11-15(24(27)28)7-6-13(17)2/h4-7,10-11H,8-9H2,1-3H3,(H,21,26). The van der Waals surface area contributed by atoms with E-state index in [1.807, 2.05) is 32.0 Å². The number of non-ortho nitro benzene ring substituents is 1. The number of carbonyl (C=O) groups is 2. The number of nitro groups is 1. The van der Waals surface area contributed by atoms with Crippen LogP contribution in [0, 0.1) is 30.9 Å². The molecule has 2 aromatic carbocycles. The second-order valence-electron chi connectivity index (χ2n) is 6.75. The molecule has 1 heterocycles. The summed E-state index contributed by atoms with van der Waals surface area (Å²) in [4.78, 5) is 35.5. The third-order valence-corrected chi connectivity index (χ3v) is 4.57. The summed E-state index contributed by atoms with van der Waals surface area (Å²) in [5.74, 6) is -0.664. The molecule has 1 aliphatic rings. The fourth-order valence-corrected chi connectivity index (χ4v) is 2.91. The first-order valence-corrected chi connectivity index (χ1v) is 8.80. The van der Waals surface area contributed by atoms with Crippen molar-refractivity contribution >= 4 is 34.6 Å². The molecule has 0 fully saturated rings. The van der Waals surface area contributed by atoms with Crippen LogP contribution in [0.4, 0.5) is 17.1 Å². The predicted molar refractivity (Wildman–Crippen MR) is 107 cm³/mol. The summed E-state index contributed by atoms with van der Waals surface area (Å²) in [6, 6.07) is 9.95. The average molecular weight is 380 g/mol. The number of aryl methyl sites for hydroxylation is 3. The van der Waals surface area contributed by atoms with E-state index in [4.69, 9.17) is 0 Å². The summed E-state index contributed by atoms with van der Waals surface area (Å²) in [7, 11) is 0. The van der Waals surface area contributed by atoms with Gasteiger partial charge in [0.15, 0.2) is 0 Å². The Hall–Kier alpha value is -3.55. The van der Waals surface area contributed by atoms with Crippen LogP contribution in [0.1, 0.15) is 29.5 Å². The number of amides is 2. The first kappa shape index (κ1) is 19.2. The van der Waals surface area contributed by atoms with Crippen molar-refractivity contribution in [1.29, 1.82) is 0 Å². The van der Waals surface area contributed by atoms with Gasteiger partial charge in [-0.05, 0) is 43.5 Å². The molecular weight excluding hydrogens is 360 g/mol. The Morgan fingerprint density at radius 2 is 1.82 bits per heavy atom. The summed E-state index contributed by atoms with van der Waals surface area (Å²) in [6.45, 7) is 5.53. The third-order valence-electron chi connectivity index (χ3n) is 4.57. The van der Waals surface area contributed by atoms with Gasteiger partial charge in [0.2, 0.25) is 5.91 Å². The van der Waals surface area contributed by atoms with Crippen molar-refractivity contribution in [3.63, 3.8) is 0 Å². The number of nitro benzene ring substituents is 1. The lowest BCUT2D eigenvalue weighted by Gasteiger charge is -2.25. The fourth-order valence-electron chi connectivity index (χ4n) is 2.91. The van der Waals surface area contributed by atoms with Crippen LogP contribution in [0.2, 0.25) is 0 Å². The van der Waals surface area contributed by atoms with Gasteiger partial charge in [0.25, 0.3) is 11.6 Å². The van der Waals surface area contributed by atoms with Crippen LogP contribution < -0.4 is 10.3 Å². The molecule has 0 radical (unpaired) electrons. The number of nitrogens with one attached hydrogen (secondary N) is 1. The molecule has 28 heavy (non-hydrogen) atoms. The second kappa shape index (κ2) is 7.59. The molecule has 0 aliphatic carbocycles. The van der Waals surface area contributed by atoms with Crippen molar-refractivity contribution in [2.24, 2.45) is 5.10 Å². The molecule has 8 heteroatoms. The first-order chi connectivity index (χ1) is 13.3. The summed E-state index contributed by atoms with van der Waals surface area (Å²) in [5.41, 5.74) is 3.62. The molecule has 0 spiro atoms. The highest BCUT2D eigenvalue weighted by Crippen LogP contribution is 2.26. The minimum Gasteiger partial charge on any atom is -0.320 e. The molecule has 0 saturated carbocycles. The molecule has 3 rings (SSSR count). The van der Waals surface area contributed by atoms with Crippen LogP contribution in [0.5, 0.6) is 0 Å². The van der Waals surface area contributed by atoms with E-state index in [9.17, 15) is 19.7 Å². The van der Waals surface area contributed by atoms with E-state index in [1.54, 1.807) is 13.0 Å². The maximum Gasteiger partial charge on any atom is 0.271 e. The Bertz CT molecular complexity index is 1010. The van der Waals surface area contributed by atoms with E-state index in [0.717, 1.165) is 11.1 Å². The number of hydrogen-bond donors (Lipinski definition) is 1. The lowest BCUT2D eigenvalue weighted by molar-refractivity contribution is -0.384. The number of anilines is 2. The Morgan fingerprint density at radius 3 is 2.54 bits per heavy atom. The molecule has 1 N–H and O–H groups in total. The van der Waals surface area contributed by atoms with Gasteiger partial charge in [0.1, 0.15) is 5.71 Å². The number of hydrogen-bond acceptors (Lipinski definition) is 5. The number of hydrazone groups is 1. The van der Waals surface area contributed by atoms with Crippen LogP contribution in [0.25, 0.3) is 0 Å². The first-order valence-electron chi connectivity index (χ1n) is 8.80. The lowest BCUT2D eigenvalue weighted by Crippen LogP contribution is -2.36. The largest absolute Gasteiger partial charge is 0.320 e. The zero-order chi connectivity index (χ0) is 20.4. The van der Waals surface area contributed by atoms with Gasteiger partial charge in [0.05, 0.1) is 16.3 Å². The Labute approximate surface area is 162 Å². The van der Waals surface area contributed by atoms with E-state index in [0.29, 0.717) is 16.9 Å². The van der Waals surface area contributed by atoms with Crippen LogP contribution >= 0.6 is 0 Å². The molecule has 2 aromatic rings. The Morgan fingerprint density at radius 1 is 1.11 bits per heavy atom. The van der Waals surface area contributed by atoms with Crippen LogP contribution in [-0.2, 0) is 9.59 Å². The van der Waals surface area contributed by atoms with Crippen molar-refractivity contribution in [2.45, 2.75) is 33.6 Å². The second-order valence-corrected chi connectivity index (χ2v) is 6.75. The quantitative estimate of drug-likeness (QED) is 0.646. The molecule has 1 aliphatic heterocycles. The van der Waals surface area contributed by atoms with Gasteiger partial charge in [0, 0.05) is 25.0 Å². The highest BCUT2D eigenvalue weighted by Gasteiger charge is 2.27. The van der Waals surface area contributed by atoms with Crippen molar-refractivity contribution in [3.8, 4) is 0 Å². The lowest BCUT2D eigenvalue weighted by atomic mass is 10.1. The third kappa shape index (κ3) is 3.90. The normalized spacial score (nSPS) is 13.9. The Kier molecular flexibility index (Phi) is 5.21. The van der Waals surface area contributed by atoms with Crippen LogP contribution in [0.15, 0.2) is 41.5 Å². The molecule has 0 aromatic heterocycles. The number of rotatable bonds is 4. The monoisotopic (exact) mass is 380 g/mol. The fraction of sp³-hybridized carbons (Fsp3) is 0.250. The molecular formula is C20H20N4O4. The number of carbonyl (C=O) groups excluding carboxylic acids is 2. The van der Waals surface area contributed by atoms with Gasteiger partial charge >= 0.3 is 0 Å². The zero-order valence-corrected chi connectivity index (χ0v) is 15.9. The van der Waals surface area contributed by atoms with E-state index in [2.05, 4.69) is 10.4 Å². The SMILES string of the molecule is Cc1ccc(C)c(N2N=C(C(=O)Nc3cc([N+](=O)[O-])ccc3C)CCC2=O)c1. The van der Waals surface area contributed by atoms with Gasteiger partial charge in [-0.15, -0.1) is 0 Å². The summed E-state index contributed by atoms with van der Waals surface area (Å²) < 4.78 is 0. The summed E-state index contributed by atoms with van der Waals surface area (Å²) in [6.07, 6.45) is 0.369. The summed E-state index contributed by atoms with van der Waals surface area (Å²) in [5, 5.41) is 19.2. The molecule has 0 saturated heterocycles. The van der Waals surface area contributed by atoms with Crippen LogP contribution in [0.3, 0.4) is 0 Å². The van der Waals surface area contributed by atoms with Gasteiger partial charge in [-0.25, -0.2) is 5.01 Å². The molecule has 144 valence electrons. The minimum absolute atomic E-state index is 0.112. The van der Waals surface area contributed by atoms with E-state index < -0.39 is 10.8 Å². The van der Waals surface area contributed by atoms with Gasteiger partial charge < -0.3 is 5.32 Å². The van der Waals surface area contributed by atoms with Gasteiger partial charge in [-0.3, -0.25) is 19.7 Å². The molecule has 0 atom stereocenters. The van der Waals surface area contributed by atoms with Crippen LogP contribution in [-0.4, -0.2) is 22.4 Å². The molecule has 8 nitrogen and oxygen atoms in total. The number of benzene rings is 2. The Balaban J connectivity index is 1.90. The number of nitrogens with zero attached hydrogens (tertiary/aromatic N) is 3. The average Bonchev–Trinajstić information content (AvgIpc) is 2.65. The minimum atomic E-state index is -0.520. The van der Waals surface area contributed by atoms with E-state index in [-0.39, 0.29) is 30.1 Å². The maximum atomic E-state index is 12.7. The van der Waals surface area contributed by atoms with Crippen molar-refractivity contribution in [1.82, 2.24) is 0 Å². The highest BCUT2D eigenvalue weighted by atomic mass is 16.6. The zero-order valence-electron chi connectivity index (χ0n) is 15.9. The molecule has 2 amide bonds. The van der Waals surface area contributed by atoms with E-state index >= 15 is 0 Å². The topological polar surface area (TPSA) is 105 Å². The van der Waals surface area contributed by atoms with Gasteiger partial charge in [-0.2, -0.15) is 5.10 Å². The maximum absolute atomic E-state index is 12.7. The predicted octanol–water partition coefficient (Wildman–Crippen LogP) is 3.64. The molecule has 0 unspecified atom stereocenters. The van der Waals surface area contributed by atoms with Crippen molar-refractivity contribution in [3.05, 3.63) is 63.2 Å². The summed E-state index contributed by atoms with van der Waals surface area (Å²) >= 11 is 0. The smallest absolute Gasteiger partial charge is 0.271 e. The van der Waals surface area contributed by atoms with Crippen molar-refractivity contribution in [2.75, 3.05) is 10.3 Å². The molecule has 0 bridgehead atoms. The van der Waals surface area contributed by atoms with Crippen molar-refractivity contribution < 1.29 is 14.5 Å². The van der Waals surface area contributed by atoms with E-state index in [1.165, 1.54) is 17.1 Å².